The number of nitrogens with one attached hydrogen (secondary N) is 1. The largest absolute Gasteiger partial charge is 0.445 e. The lowest BCUT2D eigenvalue weighted by atomic mass is 10.1. The lowest BCUT2D eigenvalue weighted by Gasteiger charge is -2.19. The van der Waals surface area contributed by atoms with E-state index in [-0.39, 0.29) is 17.1 Å². The number of nitrogens with zero attached hydrogens (tertiary/aromatic N) is 2. The summed E-state index contributed by atoms with van der Waals surface area (Å²) in [4.78, 5) is 0. The molecule has 16 heavy (non-hydrogen) atoms. The molecule has 0 fully saturated rings. The fraction of sp³-hybridized carbons (Fsp3) is 0.750. The van der Waals surface area contributed by atoms with E-state index in [2.05, 4.69) is 15.5 Å². The van der Waals surface area contributed by atoms with Gasteiger partial charge in [-0.15, -0.1) is 10.2 Å². The second kappa shape index (κ2) is 4.96. The smallest absolute Gasteiger partial charge is 0.356 e. The highest BCUT2D eigenvalue weighted by Gasteiger charge is 2.35. The zero-order valence-electron chi connectivity index (χ0n) is 8.88. The van der Waals surface area contributed by atoms with Crippen LogP contribution in [-0.4, -0.2) is 22.8 Å². The summed E-state index contributed by atoms with van der Waals surface area (Å²) in [5.74, 6) is 0.211. The van der Waals surface area contributed by atoms with E-state index < -0.39 is 11.2 Å². The third kappa shape index (κ3) is 3.31. The van der Waals surface area contributed by atoms with E-state index in [9.17, 15) is 13.2 Å². The van der Waals surface area contributed by atoms with E-state index >= 15 is 0 Å². The van der Waals surface area contributed by atoms with Crippen LogP contribution in [0, 0.1) is 5.92 Å². The molecular weight excluding hydrogens is 241 g/mol. The normalized spacial score (nSPS) is 14.2. The lowest BCUT2D eigenvalue weighted by Crippen LogP contribution is -2.33. The van der Waals surface area contributed by atoms with Gasteiger partial charge in [-0.1, -0.05) is 25.2 Å². The highest BCUT2D eigenvalue weighted by Crippen LogP contribution is 2.33. The van der Waals surface area contributed by atoms with Crippen LogP contribution in [0.25, 0.3) is 0 Å². The zero-order chi connectivity index (χ0) is 12.3. The van der Waals surface area contributed by atoms with Crippen LogP contribution in [0.1, 0.15) is 18.9 Å². The van der Waals surface area contributed by atoms with Gasteiger partial charge in [-0.3, -0.25) is 0 Å². The first-order chi connectivity index (χ1) is 7.34. The van der Waals surface area contributed by atoms with Gasteiger partial charge in [-0.25, -0.2) is 0 Å². The summed E-state index contributed by atoms with van der Waals surface area (Å²) in [6.45, 7) is 4.19. The fourth-order valence-corrected chi connectivity index (χ4v) is 1.72. The van der Waals surface area contributed by atoms with E-state index in [0.29, 0.717) is 17.9 Å². The Balaban J connectivity index is 2.72. The second-order valence-electron chi connectivity index (χ2n) is 3.64. The van der Waals surface area contributed by atoms with E-state index in [1.54, 1.807) is 0 Å². The summed E-state index contributed by atoms with van der Waals surface area (Å²) in [5, 5.41) is 8.55. The SMILES string of the molecule is CC(C)C(CN)Nc1nnc(C(F)(F)F)s1. The molecule has 0 saturated carbocycles. The van der Waals surface area contributed by atoms with Crippen molar-refractivity contribution in [3.8, 4) is 0 Å². The standard InChI is InChI=1S/C8H13F3N4S/c1-4(2)5(3-12)13-7-15-14-6(16-7)8(9,10)11/h4-5H,3,12H2,1-2H3,(H,13,15). The minimum absolute atomic E-state index is 0.103. The van der Waals surface area contributed by atoms with Gasteiger partial charge in [0.1, 0.15) is 0 Å². The Labute approximate surface area is 95.1 Å². The van der Waals surface area contributed by atoms with Gasteiger partial charge < -0.3 is 11.1 Å². The van der Waals surface area contributed by atoms with E-state index in [1.807, 2.05) is 13.8 Å². The molecule has 1 aromatic rings. The zero-order valence-corrected chi connectivity index (χ0v) is 9.69. The van der Waals surface area contributed by atoms with Gasteiger partial charge in [-0.05, 0) is 5.92 Å². The van der Waals surface area contributed by atoms with Gasteiger partial charge in [0.2, 0.25) is 10.1 Å². The van der Waals surface area contributed by atoms with Crippen molar-refractivity contribution in [1.82, 2.24) is 10.2 Å². The molecule has 92 valence electrons. The van der Waals surface area contributed by atoms with Crippen LogP contribution in [0.4, 0.5) is 18.3 Å². The van der Waals surface area contributed by atoms with Crippen molar-refractivity contribution in [1.29, 1.82) is 0 Å². The van der Waals surface area contributed by atoms with E-state index in [4.69, 9.17) is 5.73 Å². The van der Waals surface area contributed by atoms with Crippen LogP contribution in [-0.2, 0) is 6.18 Å². The Morgan fingerprint density at radius 1 is 1.38 bits per heavy atom. The number of hydrogen-bond acceptors (Lipinski definition) is 5. The van der Waals surface area contributed by atoms with Gasteiger partial charge >= 0.3 is 6.18 Å². The molecule has 8 heteroatoms. The minimum atomic E-state index is -4.44. The number of hydrogen-bond donors (Lipinski definition) is 2. The molecule has 1 heterocycles. The van der Waals surface area contributed by atoms with Crippen LogP contribution in [0.2, 0.25) is 0 Å². The number of aromatic nitrogens is 2. The van der Waals surface area contributed by atoms with E-state index in [0.717, 1.165) is 0 Å². The number of nitrogens with two attached hydrogens (primary N) is 1. The quantitative estimate of drug-likeness (QED) is 0.862. The number of anilines is 1. The van der Waals surface area contributed by atoms with Crippen molar-refractivity contribution >= 4 is 16.5 Å². The van der Waals surface area contributed by atoms with Crippen LogP contribution in [0.5, 0.6) is 0 Å². The molecule has 0 bridgehead atoms. The van der Waals surface area contributed by atoms with Crippen LogP contribution in [0.15, 0.2) is 0 Å². The Morgan fingerprint density at radius 2 is 2.00 bits per heavy atom. The van der Waals surface area contributed by atoms with Crippen LogP contribution >= 0.6 is 11.3 Å². The molecule has 0 radical (unpaired) electrons. The van der Waals surface area contributed by atoms with Crippen molar-refractivity contribution in [3.05, 3.63) is 5.01 Å². The number of alkyl halides is 3. The third-order valence-electron chi connectivity index (χ3n) is 2.04. The van der Waals surface area contributed by atoms with Gasteiger partial charge in [0, 0.05) is 12.6 Å². The monoisotopic (exact) mass is 254 g/mol. The van der Waals surface area contributed by atoms with Crippen molar-refractivity contribution < 1.29 is 13.2 Å². The lowest BCUT2D eigenvalue weighted by molar-refractivity contribution is -0.138. The number of rotatable bonds is 4. The molecule has 0 amide bonds. The van der Waals surface area contributed by atoms with Crippen molar-refractivity contribution in [2.24, 2.45) is 11.7 Å². The van der Waals surface area contributed by atoms with Gasteiger partial charge in [0.05, 0.1) is 0 Å². The van der Waals surface area contributed by atoms with Gasteiger partial charge in [0.15, 0.2) is 0 Å². The van der Waals surface area contributed by atoms with Crippen molar-refractivity contribution in [2.75, 3.05) is 11.9 Å². The summed E-state index contributed by atoms with van der Waals surface area (Å²) in [5.41, 5.74) is 5.49. The molecule has 0 aliphatic rings. The first-order valence-corrected chi connectivity index (χ1v) is 5.53. The second-order valence-corrected chi connectivity index (χ2v) is 4.62. The Bertz CT molecular complexity index is 336. The average Bonchev–Trinajstić information content (AvgIpc) is 2.61. The van der Waals surface area contributed by atoms with Crippen molar-refractivity contribution in [2.45, 2.75) is 26.1 Å². The summed E-state index contributed by atoms with van der Waals surface area (Å²) in [6, 6.07) is -0.103. The van der Waals surface area contributed by atoms with Crippen LogP contribution < -0.4 is 11.1 Å². The Kier molecular flexibility index (Phi) is 4.09. The van der Waals surface area contributed by atoms with Gasteiger partial charge in [0.25, 0.3) is 0 Å². The molecule has 0 aliphatic carbocycles. The molecule has 1 atom stereocenters. The maximum Gasteiger partial charge on any atom is 0.445 e. The summed E-state index contributed by atoms with van der Waals surface area (Å²) in [7, 11) is 0. The highest BCUT2D eigenvalue weighted by molar-refractivity contribution is 7.15. The third-order valence-corrected chi connectivity index (χ3v) is 2.93. The van der Waals surface area contributed by atoms with Crippen LogP contribution in [0.3, 0.4) is 0 Å². The minimum Gasteiger partial charge on any atom is -0.356 e. The molecule has 0 aliphatic heterocycles. The molecule has 1 rings (SSSR count). The topological polar surface area (TPSA) is 63.8 Å². The predicted octanol–water partition coefficient (Wildman–Crippen LogP) is 1.95. The molecule has 1 aromatic heterocycles. The first kappa shape index (κ1) is 13.2. The maximum atomic E-state index is 12.2. The van der Waals surface area contributed by atoms with E-state index in [1.165, 1.54) is 0 Å². The van der Waals surface area contributed by atoms with Gasteiger partial charge in [-0.2, -0.15) is 13.2 Å². The molecule has 0 spiro atoms. The fourth-order valence-electron chi connectivity index (χ4n) is 1.05. The summed E-state index contributed by atoms with van der Waals surface area (Å²) >= 11 is 0.487. The number of halogens is 3. The summed E-state index contributed by atoms with van der Waals surface area (Å²) in [6.07, 6.45) is -4.44. The molecule has 3 N–H and O–H groups in total. The first-order valence-electron chi connectivity index (χ1n) is 4.72. The van der Waals surface area contributed by atoms with Crippen molar-refractivity contribution in [3.63, 3.8) is 0 Å². The average molecular weight is 254 g/mol. The Morgan fingerprint density at radius 3 is 2.38 bits per heavy atom. The molecular formula is C8H13F3N4S. The maximum absolute atomic E-state index is 12.2. The Hall–Kier alpha value is -0.890. The molecule has 1 unspecified atom stereocenters. The summed E-state index contributed by atoms with van der Waals surface area (Å²) < 4.78 is 36.7. The predicted molar refractivity (Wildman–Crippen MR) is 56.2 cm³/mol. The molecule has 0 aromatic carbocycles. The highest BCUT2D eigenvalue weighted by atomic mass is 32.1. The molecule has 4 nitrogen and oxygen atoms in total. The molecule has 0 saturated heterocycles.